The minimum atomic E-state index is -0.633. The Bertz CT molecular complexity index is 1100. The van der Waals surface area contributed by atoms with Crippen molar-refractivity contribution in [2.45, 2.75) is 13.8 Å². The summed E-state index contributed by atoms with van der Waals surface area (Å²) in [6, 6.07) is 11.8. The molecule has 0 radical (unpaired) electrons. The molecule has 0 bridgehead atoms. The quantitative estimate of drug-likeness (QED) is 0.681. The normalized spacial score (nSPS) is 10.5. The first-order chi connectivity index (χ1) is 13.8. The summed E-state index contributed by atoms with van der Waals surface area (Å²) < 4.78 is 9.44. The van der Waals surface area contributed by atoms with Crippen LogP contribution in [0.4, 0.5) is 5.69 Å². The predicted molar refractivity (Wildman–Crippen MR) is 108 cm³/mol. The third-order valence-corrected chi connectivity index (χ3v) is 4.59. The van der Waals surface area contributed by atoms with Crippen LogP contribution < -0.4 is 5.32 Å². The highest BCUT2D eigenvalue weighted by atomic mass is 16.5. The molecular formula is C22H20N2O5. The van der Waals surface area contributed by atoms with Gasteiger partial charge in [-0.3, -0.25) is 9.78 Å². The number of esters is 2. The minimum absolute atomic E-state index is 0.121. The van der Waals surface area contributed by atoms with Crippen molar-refractivity contribution >= 4 is 34.4 Å². The Morgan fingerprint density at radius 3 is 2.07 bits per heavy atom. The second-order valence-corrected chi connectivity index (χ2v) is 6.45. The number of amides is 1. The van der Waals surface area contributed by atoms with Crippen molar-refractivity contribution < 1.29 is 23.9 Å². The maximum absolute atomic E-state index is 13.0. The molecule has 0 atom stereocenters. The number of rotatable bonds is 4. The summed E-state index contributed by atoms with van der Waals surface area (Å²) in [4.78, 5) is 41.4. The van der Waals surface area contributed by atoms with E-state index in [1.54, 1.807) is 6.92 Å². The molecule has 3 rings (SSSR count). The van der Waals surface area contributed by atoms with E-state index in [1.807, 2.05) is 31.2 Å². The number of aromatic nitrogens is 1. The number of carbonyl (C=O) groups excluding carboxylic acids is 3. The van der Waals surface area contributed by atoms with Gasteiger partial charge in [0, 0.05) is 11.1 Å². The Morgan fingerprint density at radius 2 is 1.48 bits per heavy atom. The number of nitrogens with one attached hydrogen (secondary N) is 1. The third-order valence-electron chi connectivity index (χ3n) is 4.59. The summed E-state index contributed by atoms with van der Waals surface area (Å²) in [6.45, 7) is 3.62. The van der Waals surface area contributed by atoms with Gasteiger partial charge in [-0.05, 0) is 43.7 Å². The number of para-hydroxylation sites is 1. The SMILES string of the molecule is COC(=O)c1cc(NC(=O)c2c(C)nc3ccccc3c2C)cc(C(=O)OC)c1. The largest absolute Gasteiger partial charge is 0.465 e. The van der Waals surface area contributed by atoms with Crippen molar-refractivity contribution in [3.8, 4) is 0 Å². The predicted octanol–water partition coefficient (Wildman–Crippen LogP) is 3.68. The molecule has 0 unspecified atom stereocenters. The fourth-order valence-electron chi connectivity index (χ4n) is 3.23. The molecule has 0 aliphatic carbocycles. The average molecular weight is 392 g/mol. The van der Waals surface area contributed by atoms with E-state index in [0.29, 0.717) is 11.3 Å². The van der Waals surface area contributed by atoms with Crippen LogP contribution in [0.3, 0.4) is 0 Å². The third kappa shape index (κ3) is 3.94. The van der Waals surface area contributed by atoms with Gasteiger partial charge in [-0.2, -0.15) is 0 Å². The van der Waals surface area contributed by atoms with Crippen molar-refractivity contribution in [1.82, 2.24) is 4.98 Å². The lowest BCUT2D eigenvalue weighted by Gasteiger charge is -2.14. The summed E-state index contributed by atoms with van der Waals surface area (Å²) in [7, 11) is 2.47. The van der Waals surface area contributed by atoms with Crippen LogP contribution >= 0.6 is 0 Å². The molecule has 0 saturated carbocycles. The van der Waals surface area contributed by atoms with Gasteiger partial charge < -0.3 is 14.8 Å². The smallest absolute Gasteiger partial charge is 0.337 e. The highest BCUT2D eigenvalue weighted by molar-refractivity contribution is 6.09. The zero-order chi connectivity index (χ0) is 21.1. The van der Waals surface area contributed by atoms with Crippen molar-refractivity contribution in [2.24, 2.45) is 0 Å². The van der Waals surface area contributed by atoms with E-state index in [-0.39, 0.29) is 16.8 Å². The first-order valence-corrected chi connectivity index (χ1v) is 8.84. The van der Waals surface area contributed by atoms with Gasteiger partial charge in [-0.15, -0.1) is 0 Å². The number of pyridine rings is 1. The Hall–Kier alpha value is -3.74. The van der Waals surface area contributed by atoms with Crippen LogP contribution in [0.1, 0.15) is 42.3 Å². The van der Waals surface area contributed by atoms with Crippen molar-refractivity contribution in [1.29, 1.82) is 0 Å². The number of hydrogen-bond acceptors (Lipinski definition) is 6. The first kappa shape index (κ1) is 20.0. The molecule has 148 valence electrons. The van der Waals surface area contributed by atoms with Gasteiger partial charge in [-0.25, -0.2) is 9.59 Å². The zero-order valence-electron chi connectivity index (χ0n) is 16.5. The number of methoxy groups -OCH3 is 2. The fourth-order valence-corrected chi connectivity index (χ4v) is 3.23. The van der Waals surface area contributed by atoms with Crippen molar-refractivity contribution in [2.75, 3.05) is 19.5 Å². The molecular weight excluding hydrogens is 372 g/mol. The number of hydrogen-bond donors (Lipinski definition) is 1. The van der Waals surface area contributed by atoms with Crippen molar-refractivity contribution in [3.05, 3.63) is 70.4 Å². The maximum atomic E-state index is 13.0. The lowest BCUT2D eigenvalue weighted by molar-refractivity contribution is 0.0599. The van der Waals surface area contributed by atoms with E-state index < -0.39 is 17.8 Å². The second kappa shape index (κ2) is 8.10. The van der Waals surface area contributed by atoms with Crippen LogP contribution in [0, 0.1) is 13.8 Å². The molecule has 0 aliphatic heterocycles. The highest BCUT2D eigenvalue weighted by Gasteiger charge is 2.19. The number of nitrogens with zero attached hydrogens (tertiary/aromatic N) is 1. The molecule has 7 heteroatoms. The number of fused-ring (bicyclic) bond motifs is 1. The highest BCUT2D eigenvalue weighted by Crippen LogP contribution is 2.24. The van der Waals surface area contributed by atoms with E-state index in [4.69, 9.17) is 9.47 Å². The van der Waals surface area contributed by atoms with E-state index in [0.717, 1.165) is 16.5 Å². The monoisotopic (exact) mass is 392 g/mol. The van der Waals surface area contributed by atoms with Gasteiger partial charge in [0.1, 0.15) is 0 Å². The van der Waals surface area contributed by atoms with Gasteiger partial charge >= 0.3 is 11.9 Å². The minimum Gasteiger partial charge on any atom is -0.465 e. The fraction of sp³-hybridized carbons (Fsp3) is 0.182. The van der Waals surface area contributed by atoms with Gasteiger partial charge in [0.25, 0.3) is 5.91 Å². The molecule has 2 aromatic carbocycles. The summed E-state index contributed by atoms with van der Waals surface area (Å²) in [6.07, 6.45) is 0. The standard InChI is InChI=1S/C22H20N2O5/c1-12-17-7-5-6-8-18(17)23-13(2)19(12)20(25)24-16-10-14(21(26)28-3)9-15(11-16)22(27)29-4/h5-11H,1-4H3,(H,24,25). The number of anilines is 1. The second-order valence-electron chi connectivity index (χ2n) is 6.45. The Kier molecular flexibility index (Phi) is 5.59. The molecule has 1 aromatic heterocycles. The lowest BCUT2D eigenvalue weighted by Crippen LogP contribution is -2.17. The summed E-state index contributed by atoms with van der Waals surface area (Å²) in [5.41, 5.74) is 3.13. The molecule has 0 fully saturated rings. The zero-order valence-corrected chi connectivity index (χ0v) is 16.5. The molecule has 1 N–H and O–H groups in total. The molecule has 7 nitrogen and oxygen atoms in total. The molecule has 0 saturated heterocycles. The topological polar surface area (TPSA) is 94.6 Å². The van der Waals surface area contributed by atoms with Gasteiger partial charge in [0.05, 0.1) is 42.1 Å². The Balaban J connectivity index is 2.04. The van der Waals surface area contributed by atoms with Crippen LogP contribution in [-0.4, -0.2) is 37.0 Å². The van der Waals surface area contributed by atoms with Crippen molar-refractivity contribution in [3.63, 3.8) is 0 Å². The lowest BCUT2D eigenvalue weighted by atomic mass is 10.0. The van der Waals surface area contributed by atoms with E-state index >= 15 is 0 Å². The maximum Gasteiger partial charge on any atom is 0.337 e. The first-order valence-electron chi connectivity index (χ1n) is 8.84. The van der Waals surface area contributed by atoms with Crippen LogP contribution in [0.15, 0.2) is 42.5 Å². The van der Waals surface area contributed by atoms with Crippen LogP contribution in [-0.2, 0) is 9.47 Å². The number of aryl methyl sites for hydroxylation is 2. The number of carbonyl (C=O) groups is 3. The van der Waals surface area contributed by atoms with Crippen LogP contribution in [0.25, 0.3) is 10.9 Å². The van der Waals surface area contributed by atoms with Gasteiger partial charge in [0.2, 0.25) is 0 Å². The summed E-state index contributed by atoms with van der Waals surface area (Å²) in [5.74, 6) is -1.66. The Morgan fingerprint density at radius 1 is 0.897 bits per heavy atom. The van der Waals surface area contributed by atoms with Gasteiger partial charge in [0.15, 0.2) is 0 Å². The summed E-state index contributed by atoms with van der Waals surface area (Å²) in [5, 5.41) is 3.63. The van der Waals surface area contributed by atoms with Crippen LogP contribution in [0.5, 0.6) is 0 Å². The summed E-state index contributed by atoms with van der Waals surface area (Å²) >= 11 is 0. The number of benzene rings is 2. The molecule has 0 aliphatic rings. The molecule has 1 heterocycles. The molecule has 29 heavy (non-hydrogen) atoms. The molecule has 0 spiro atoms. The number of ether oxygens (including phenoxy) is 2. The van der Waals surface area contributed by atoms with Crippen LogP contribution in [0.2, 0.25) is 0 Å². The molecule has 3 aromatic rings. The average Bonchev–Trinajstić information content (AvgIpc) is 2.72. The van der Waals surface area contributed by atoms with E-state index in [1.165, 1.54) is 32.4 Å². The van der Waals surface area contributed by atoms with E-state index in [2.05, 4.69) is 10.3 Å². The Labute approximate surface area is 167 Å². The molecule has 1 amide bonds. The van der Waals surface area contributed by atoms with Gasteiger partial charge in [-0.1, -0.05) is 18.2 Å². The van der Waals surface area contributed by atoms with E-state index in [9.17, 15) is 14.4 Å².